The number of nitrogens with one attached hydrogen (secondary N) is 1. The number of anilines is 2. The van der Waals surface area contributed by atoms with Crippen LogP contribution >= 0.6 is 0 Å². The van der Waals surface area contributed by atoms with Crippen molar-refractivity contribution in [3.05, 3.63) is 119 Å². The van der Waals surface area contributed by atoms with E-state index in [9.17, 15) is 9.59 Å². The molecule has 4 aromatic carbocycles. The van der Waals surface area contributed by atoms with Crippen molar-refractivity contribution in [3.8, 4) is 11.5 Å². The summed E-state index contributed by atoms with van der Waals surface area (Å²) in [7, 11) is 1.60. The maximum atomic E-state index is 13.8. The number of para-hydroxylation sites is 2. The molecule has 1 aliphatic heterocycles. The van der Waals surface area contributed by atoms with E-state index in [4.69, 9.17) is 14.2 Å². The van der Waals surface area contributed by atoms with Gasteiger partial charge in [-0.2, -0.15) is 0 Å². The fourth-order valence-electron chi connectivity index (χ4n) is 4.67. The van der Waals surface area contributed by atoms with E-state index in [2.05, 4.69) is 5.32 Å². The third-order valence-electron chi connectivity index (χ3n) is 6.62. The van der Waals surface area contributed by atoms with Gasteiger partial charge in [-0.25, -0.2) is 4.79 Å². The van der Waals surface area contributed by atoms with Crippen LogP contribution in [-0.2, 0) is 11.3 Å². The molecule has 0 bridgehead atoms. The van der Waals surface area contributed by atoms with Crippen LogP contribution in [0.25, 0.3) is 0 Å². The molecule has 1 amide bonds. The summed E-state index contributed by atoms with van der Waals surface area (Å²) in [6.07, 6.45) is -0.466. The lowest BCUT2D eigenvalue weighted by molar-refractivity contribution is 0.0521. The Morgan fingerprint density at radius 2 is 1.67 bits per heavy atom. The molecule has 0 aliphatic carbocycles. The number of rotatable bonds is 8. The van der Waals surface area contributed by atoms with Crippen molar-refractivity contribution in [2.24, 2.45) is 0 Å². The fraction of sp³-hybridized carbons (Fsp3) is 0.188. The average molecular weight is 523 g/mol. The molecule has 0 radical (unpaired) electrons. The number of aryl methyl sites for hydroxylation is 1. The third-order valence-corrected chi connectivity index (χ3v) is 6.62. The van der Waals surface area contributed by atoms with Crippen LogP contribution < -0.4 is 19.7 Å². The largest absolute Gasteiger partial charge is 0.496 e. The first-order valence-electron chi connectivity index (χ1n) is 12.8. The zero-order valence-electron chi connectivity index (χ0n) is 22.1. The van der Waals surface area contributed by atoms with Crippen molar-refractivity contribution >= 4 is 23.3 Å². The van der Waals surface area contributed by atoms with Crippen LogP contribution in [-0.4, -0.2) is 25.6 Å². The smallest absolute Gasteiger partial charge is 0.341 e. The second-order valence-corrected chi connectivity index (χ2v) is 9.18. The molecule has 7 nitrogen and oxygen atoms in total. The lowest BCUT2D eigenvalue weighted by Gasteiger charge is -2.38. The minimum atomic E-state index is -0.466. The highest BCUT2D eigenvalue weighted by Crippen LogP contribution is 2.38. The van der Waals surface area contributed by atoms with E-state index in [0.717, 1.165) is 28.1 Å². The Bertz CT molecular complexity index is 1500. The van der Waals surface area contributed by atoms with E-state index in [1.165, 1.54) is 0 Å². The van der Waals surface area contributed by atoms with Crippen molar-refractivity contribution in [2.75, 3.05) is 23.9 Å². The zero-order valence-corrected chi connectivity index (χ0v) is 22.1. The molecule has 0 spiro atoms. The van der Waals surface area contributed by atoms with Crippen molar-refractivity contribution in [1.82, 2.24) is 0 Å². The van der Waals surface area contributed by atoms with E-state index in [0.29, 0.717) is 22.6 Å². The second kappa shape index (κ2) is 11.3. The van der Waals surface area contributed by atoms with Crippen molar-refractivity contribution in [1.29, 1.82) is 0 Å². The highest BCUT2D eigenvalue weighted by Gasteiger charge is 2.34. The summed E-state index contributed by atoms with van der Waals surface area (Å²) < 4.78 is 16.9. The number of hydrogen-bond acceptors (Lipinski definition) is 6. The molecule has 198 valence electrons. The summed E-state index contributed by atoms with van der Waals surface area (Å²) in [6, 6.07) is 28.2. The van der Waals surface area contributed by atoms with E-state index < -0.39 is 12.1 Å². The van der Waals surface area contributed by atoms with Gasteiger partial charge in [-0.1, -0.05) is 48.0 Å². The highest BCUT2D eigenvalue weighted by atomic mass is 16.5. The van der Waals surface area contributed by atoms with E-state index in [-0.39, 0.29) is 19.1 Å². The van der Waals surface area contributed by atoms with Gasteiger partial charge in [0.05, 0.1) is 19.3 Å². The number of fused-ring (bicyclic) bond motifs is 1. The Labute approximate surface area is 227 Å². The van der Waals surface area contributed by atoms with Crippen LogP contribution in [0.5, 0.6) is 11.5 Å². The molecule has 0 fully saturated rings. The molecule has 5 rings (SSSR count). The zero-order chi connectivity index (χ0) is 27.4. The summed E-state index contributed by atoms with van der Waals surface area (Å²) in [5.41, 5.74) is 5.27. The number of methoxy groups -OCH3 is 1. The Morgan fingerprint density at radius 1 is 0.923 bits per heavy atom. The third kappa shape index (κ3) is 5.29. The number of carbonyl (C=O) groups excluding carboxylic acids is 2. The van der Waals surface area contributed by atoms with Gasteiger partial charge >= 0.3 is 5.97 Å². The van der Waals surface area contributed by atoms with Gasteiger partial charge in [0.25, 0.3) is 5.91 Å². The fourth-order valence-corrected chi connectivity index (χ4v) is 4.67. The molecule has 1 heterocycles. The molecule has 0 saturated carbocycles. The number of hydrogen-bond donors (Lipinski definition) is 1. The molecular formula is C32H30N2O5. The number of amides is 1. The summed E-state index contributed by atoms with van der Waals surface area (Å²) in [5, 5.41) is 3.55. The summed E-state index contributed by atoms with van der Waals surface area (Å²) >= 11 is 0. The van der Waals surface area contributed by atoms with Crippen LogP contribution in [0.4, 0.5) is 11.4 Å². The van der Waals surface area contributed by atoms with Crippen LogP contribution in [0.15, 0.2) is 91.0 Å². The summed E-state index contributed by atoms with van der Waals surface area (Å²) in [5.74, 6) is 0.530. The quantitative estimate of drug-likeness (QED) is 0.265. The Morgan fingerprint density at radius 3 is 2.44 bits per heavy atom. The first-order chi connectivity index (χ1) is 19.0. The number of ether oxygens (including phenoxy) is 3. The predicted molar refractivity (Wildman–Crippen MR) is 151 cm³/mol. The molecule has 1 N–H and O–H groups in total. The maximum Gasteiger partial charge on any atom is 0.341 e. The first-order valence-corrected chi connectivity index (χ1v) is 12.8. The van der Waals surface area contributed by atoms with Crippen LogP contribution in [0.2, 0.25) is 0 Å². The Hall–Kier alpha value is -4.78. The molecule has 0 aromatic heterocycles. The summed E-state index contributed by atoms with van der Waals surface area (Å²) in [4.78, 5) is 27.9. The molecule has 0 unspecified atom stereocenters. The summed E-state index contributed by atoms with van der Waals surface area (Å²) in [6.45, 7) is 4.20. The second-order valence-electron chi connectivity index (χ2n) is 9.18. The predicted octanol–water partition coefficient (Wildman–Crippen LogP) is 6.53. The lowest BCUT2D eigenvalue weighted by atomic mass is 10.0. The molecular weight excluding hydrogens is 492 g/mol. The van der Waals surface area contributed by atoms with Crippen molar-refractivity contribution < 1.29 is 23.8 Å². The minimum absolute atomic E-state index is 0.0878. The van der Waals surface area contributed by atoms with Crippen LogP contribution in [0.1, 0.15) is 50.5 Å². The normalized spacial score (nSPS) is 14.3. The molecule has 4 aromatic rings. The number of esters is 1. The lowest BCUT2D eigenvalue weighted by Crippen LogP contribution is -2.43. The van der Waals surface area contributed by atoms with E-state index in [1.807, 2.05) is 73.7 Å². The van der Waals surface area contributed by atoms with Gasteiger partial charge in [0.1, 0.15) is 29.8 Å². The van der Waals surface area contributed by atoms with Crippen LogP contribution in [0.3, 0.4) is 0 Å². The van der Waals surface area contributed by atoms with E-state index >= 15 is 0 Å². The molecule has 39 heavy (non-hydrogen) atoms. The number of nitrogens with zero attached hydrogens (tertiary/aromatic N) is 1. The monoisotopic (exact) mass is 522 g/mol. The average Bonchev–Trinajstić information content (AvgIpc) is 2.97. The van der Waals surface area contributed by atoms with Gasteiger partial charge in [0.15, 0.2) is 0 Å². The Kier molecular flexibility index (Phi) is 7.50. The highest BCUT2D eigenvalue weighted by molar-refractivity contribution is 6.12. The molecule has 1 atom stereocenters. The number of carbonyl (C=O) groups is 2. The molecule has 7 heteroatoms. The van der Waals surface area contributed by atoms with Gasteiger partial charge in [-0.05, 0) is 67.9 Å². The Balaban J connectivity index is 1.50. The van der Waals surface area contributed by atoms with Crippen molar-refractivity contribution in [3.63, 3.8) is 0 Å². The van der Waals surface area contributed by atoms with Crippen molar-refractivity contribution in [2.45, 2.75) is 26.6 Å². The minimum Gasteiger partial charge on any atom is -0.496 e. The van der Waals surface area contributed by atoms with Crippen LogP contribution in [0, 0.1) is 6.92 Å². The van der Waals surface area contributed by atoms with Gasteiger partial charge in [0.2, 0.25) is 0 Å². The topological polar surface area (TPSA) is 77.1 Å². The van der Waals surface area contributed by atoms with Gasteiger partial charge in [0, 0.05) is 16.9 Å². The van der Waals surface area contributed by atoms with E-state index in [1.54, 1.807) is 43.2 Å². The molecule has 0 saturated heterocycles. The first kappa shape index (κ1) is 25.9. The van der Waals surface area contributed by atoms with Gasteiger partial charge < -0.3 is 19.5 Å². The van der Waals surface area contributed by atoms with Gasteiger partial charge in [-0.15, -0.1) is 0 Å². The SMILES string of the molecule is CCOC(=O)c1ccccc1OCc1cc([C@H]2Nc3ccccc3C(=O)N2c2ccc(C)cc2)ccc1OC. The standard InChI is InChI=1S/C32H30N2O5/c1-4-38-32(36)26-10-6-8-12-29(26)39-20-23-19-22(15-18-28(23)37-3)30-33-27-11-7-5-9-25(27)31(35)34(30)24-16-13-21(2)14-17-24/h5-19,30,33H,4,20H2,1-3H3/t30-/m0/s1. The maximum absolute atomic E-state index is 13.8. The number of benzene rings is 4. The van der Waals surface area contributed by atoms with Gasteiger partial charge in [-0.3, -0.25) is 9.69 Å². The molecule has 1 aliphatic rings.